The van der Waals surface area contributed by atoms with Gasteiger partial charge in [-0.15, -0.1) is 0 Å². The van der Waals surface area contributed by atoms with Crippen molar-refractivity contribution in [3.8, 4) is 0 Å². The monoisotopic (exact) mass is 200 g/mol. The van der Waals surface area contributed by atoms with Gasteiger partial charge in [-0.05, 0) is 38.0 Å². The molecule has 0 aliphatic heterocycles. The molecule has 1 saturated carbocycles. The van der Waals surface area contributed by atoms with E-state index in [2.05, 4.69) is 4.89 Å². The molecule has 0 spiro atoms. The van der Waals surface area contributed by atoms with Crippen LogP contribution in [0.15, 0.2) is 0 Å². The van der Waals surface area contributed by atoms with Crippen LogP contribution in [0.5, 0.6) is 0 Å². The standard InChI is InChI=1S/C11H20O3/c1-10(14-13)11(6-2-3-7-11)8-4-5-9-12/h9-10,13H,2-8H2,1H3. The molecule has 0 aromatic carbocycles. The molecule has 82 valence electrons. The maximum absolute atomic E-state index is 10.2. The quantitative estimate of drug-likeness (QED) is 0.310. The molecular weight excluding hydrogens is 180 g/mol. The average Bonchev–Trinajstić information content (AvgIpc) is 2.67. The van der Waals surface area contributed by atoms with E-state index in [1.54, 1.807) is 0 Å². The van der Waals surface area contributed by atoms with Crippen LogP contribution in [-0.4, -0.2) is 17.6 Å². The van der Waals surface area contributed by atoms with Gasteiger partial charge in [0.05, 0.1) is 6.10 Å². The largest absolute Gasteiger partial charge is 0.303 e. The first-order valence-corrected chi connectivity index (χ1v) is 5.49. The Morgan fingerprint density at radius 3 is 2.64 bits per heavy atom. The zero-order valence-electron chi connectivity index (χ0n) is 8.87. The highest BCUT2D eigenvalue weighted by molar-refractivity contribution is 5.48. The molecule has 1 N–H and O–H groups in total. The number of carbonyl (C=O) groups is 1. The van der Waals surface area contributed by atoms with Crippen LogP contribution in [0.25, 0.3) is 0 Å². The van der Waals surface area contributed by atoms with Gasteiger partial charge in [0, 0.05) is 6.42 Å². The Bertz CT molecular complexity index is 173. The number of carbonyl (C=O) groups excluding carboxylic acids is 1. The summed E-state index contributed by atoms with van der Waals surface area (Å²) in [5, 5.41) is 8.75. The van der Waals surface area contributed by atoms with E-state index in [0.29, 0.717) is 6.42 Å². The lowest BCUT2D eigenvalue weighted by molar-refractivity contribution is -0.299. The number of aldehydes is 1. The van der Waals surface area contributed by atoms with E-state index in [1.807, 2.05) is 6.92 Å². The highest BCUT2D eigenvalue weighted by Gasteiger charge is 2.39. The van der Waals surface area contributed by atoms with E-state index in [4.69, 9.17) is 5.26 Å². The summed E-state index contributed by atoms with van der Waals surface area (Å²) in [6.45, 7) is 1.92. The second kappa shape index (κ2) is 5.47. The predicted molar refractivity (Wildman–Crippen MR) is 54.0 cm³/mol. The molecule has 3 nitrogen and oxygen atoms in total. The van der Waals surface area contributed by atoms with Crippen LogP contribution in [0.1, 0.15) is 51.9 Å². The Kier molecular flexibility index (Phi) is 4.55. The lowest BCUT2D eigenvalue weighted by Crippen LogP contribution is -2.32. The average molecular weight is 200 g/mol. The van der Waals surface area contributed by atoms with Crippen LogP contribution in [-0.2, 0) is 9.68 Å². The van der Waals surface area contributed by atoms with Gasteiger partial charge in [-0.2, -0.15) is 0 Å². The third kappa shape index (κ3) is 2.55. The van der Waals surface area contributed by atoms with Gasteiger partial charge in [-0.3, -0.25) is 5.26 Å². The fourth-order valence-corrected chi connectivity index (χ4v) is 2.59. The molecule has 1 aliphatic carbocycles. The van der Waals surface area contributed by atoms with Crippen LogP contribution in [0, 0.1) is 5.41 Å². The van der Waals surface area contributed by atoms with Crippen LogP contribution in [0.2, 0.25) is 0 Å². The first-order chi connectivity index (χ1) is 6.75. The van der Waals surface area contributed by atoms with E-state index in [-0.39, 0.29) is 11.5 Å². The van der Waals surface area contributed by atoms with Gasteiger partial charge in [0.25, 0.3) is 0 Å². The Labute approximate surface area is 85.4 Å². The van der Waals surface area contributed by atoms with E-state index in [1.165, 1.54) is 12.8 Å². The van der Waals surface area contributed by atoms with Crippen LogP contribution in [0.3, 0.4) is 0 Å². The Morgan fingerprint density at radius 2 is 2.14 bits per heavy atom. The lowest BCUT2D eigenvalue weighted by Gasteiger charge is -2.33. The zero-order chi connectivity index (χ0) is 10.4. The molecule has 1 fully saturated rings. The van der Waals surface area contributed by atoms with Crippen molar-refractivity contribution < 1.29 is 14.9 Å². The lowest BCUT2D eigenvalue weighted by atomic mass is 9.77. The highest BCUT2D eigenvalue weighted by Crippen LogP contribution is 2.45. The first kappa shape index (κ1) is 11.7. The normalized spacial score (nSPS) is 22.1. The van der Waals surface area contributed by atoms with Gasteiger partial charge in [0.1, 0.15) is 6.29 Å². The molecule has 0 heterocycles. The van der Waals surface area contributed by atoms with Gasteiger partial charge in [-0.25, -0.2) is 4.89 Å². The van der Waals surface area contributed by atoms with Crippen LogP contribution >= 0.6 is 0 Å². The first-order valence-electron chi connectivity index (χ1n) is 5.49. The molecule has 0 aromatic heterocycles. The maximum Gasteiger partial charge on any atom is 0.119 e. The van der Waals surface area contributed by atoms with Crippen molar-refractivity contribution in [2.75, 3.05) is 0 Å². The smallest absolute Gasteiger partial charge is 0.119 e. The topological polar surface area (TPSA) is 46.5 Å². The van der Waals surface area contributed by atoms with Crippen molar-refractivity contribution in [1.82, 2.24) is 0 Å². The zero-order valence-corrected chi connectivity index (χ0v) is 8.87. The van der Waals surface area contributed by atoms with Crippen LogP contribution < -0.4 is 0 Å². The maximum atomic E-state index is 10.2. The second-order valence-electron chi connectivity index (χ2n) is 4.38. The van der Waals surface area contributed by atoms with Crippen molar-refractivity contribution >= 4 is 6.29 Å². The molecule has 0 saturated heterocycles. The minimum Gasteiger partial charge on any atom is -0.303 e. The summed E-state index contributed by atoms with van der Waals surface area (Å²) in [6, 6.07) is 0. The SMILES string of the molecule is CC(OO)C1(CCCC=O)CCCC1. The van der Waals surface area contributed by atoms with Crippen molar-refractivity contribution in [2.24, 2.45) is 5.41 Å². The number of hydrogen-bond acceptors (Lipinski definition) is 3. The molecule has 14 heavy (non-hydrogen) atoms. The minimum atomic E-state index is -0.100. The Balaban J connectivity index is 2.48. The van der Waals surface area contributed by atoms with Gasteiger partial charge < -0.3 is 4.79 Å². The third-order valence-electron chi connectivity index (χ3n) is 3.62. The fraction of sp³-hybridized carbons (Fsp3) is 0.909. The van der Waals surface area contributed by atoms with E-state index in [0.717, 1.165) is 32.0 Å². The van der Waals surface area contributed by atoms with Gasteiger partial charge >= 0.3 is 0 Å². The van der Waals surface area contributed by atoms with Crippen molar-refractivity contribution in [3.63, 3.8) is 0 Å². The van der Waals surface area contributed by atoms with Gasteiger partial charge in [0.15, 0.2) is 0 Å². The molecule has 0 radical (unpaired) electrons. The summed E-state index contributed by atoms with van der Waals surface area (Å²) in [5.74, 6) is 0. The van der Waals surface area contributed by atoms with Gasteiger partial charge in [-0.1, -0.05) is 12.8 Å². The molecule has 0 amide bonds. The number of unbranched alkanes of at least 4 members (excludes halogenated alkanes) is 1. The van der Waals surface area contributed by atoms with Crippen LogP contribution in [0.4, 0.5) is 0 Å². The fourth-order valence-electron chi connectivity index (χ4n) is 2.59. The second-order valence-corrected chi connectivity index (χ2v) is 4.38. The number of hydrogen-bond donors (Lipinski definition) is 1. The molecule has 0 aromatic rings. The van der Waals surface area contributed by atoms with E-state index < -0.39 is 0 Å². The summed E-state index contributed by atoms with van der Waals surface area (Å²) in [7, 11) is 0. The Morgan fingerprint density at radius 1 is 1.50 bits per heavy atom. The molecule has 0 bridgehead atoms. The summed E-state index contributed by atoms with van der Waals surface area (Å²) in [5.41, 5.74) is 0.123. The molecular formula is C11H20O3. The minimum absolute atomic E-state index is 0.100. The third-order valence-corrected chi connectivity index (χ3v) is 3.62. The van der Waals surface area contributed by atoms with Crippen molar-refractivity contribution in [2.45, 2.75) is 58.0 Å². The Hall–Kier alpha value is -0.410. The summed E-state index contributed by atoms with van der Waals surface area (Å²) in [6.07, 6.45) is 8.07. The highest BCUT2D eigenvalue weighted by atomic mass is 17.1. The molecule has 1 atom stereocenters. The molecule has 1 aliphatic rings. The number of rotatable bonds is 6. The van der Waals surface area contributed by atoms with E-state index in [9.17, 15) is 4.79 Å². The molecule has 1 rings (SSSR count). The van der Waals surface area contributed by atoms with Gasteiger partial charge in [0.2, 0.25) is 0 Å². The molecule has 3 heteroatoms. The summed E-state index contributed by atoms with van der Waals surface area (Å²) < 4.78 is 0. The molecule has 1 unspecified atom stereocenters. The summed E-state index contributed by atoms with van der Waals surface area (Å²) in [4.78, 5) is 14.7. The van der Waals surface area contributed by atoms with E-state index >= 15 is 0 Å². The summed E-state index contributed by atoms with van der Waals surface area (Å²) >= 11 is 0. The van der Waals surface area contributed by atoms with Crippen molar-refractivity contribution in [1.29, 1.82) is 0 Å². The predicted octanol–water partition coefficient (Wildman–Crippen LogP) is 2.79. The van der Waals surface area contributed by atoms with Crippen molar-refractivity contribution in [3.05, 3.63) is 0 Å².